The normalized spacial score (nSPS) is 22.4. The van der Waals surface area contributed by atoms with Crippen LogP contribution in [0.25, 0.3) is 0 Å². The van der Waals surface area contributed by atoms with Crippen LogP contribution in [0.4, 0.5) is 0 Å². The second-order valence-corrected chi connectivity index (χ2v) is 4.89. The first-order valence-electron chi connectivity index (χ1n) is 4.28. The van der Waals surface area contributed by atoms with Crippen molar-refractivity contribution in [2.75, 3.05) is 0 Å². The lowest BCUT2D eigenvalue weighted by Crippen LogP contribution is -2.13. The number of rotatable bonds is 2. The van der Waals surface area contributed by atoms with E-state index in [4.69, 9.17) is 0 Å². The van der Waals surface area contributed by atoms with Gasteiger partial charge in [-0.3, -0.25) is 0 Å². The number of hydrogen-bond donors (Lipinski definition) is 0. The highest BCUT2D eigenvalue weighted by molar-refractivity contribution is 6.39. The van der Waals surface area contributed by atoms with Gasteiger partial charge in [0.2, 0.25) is 0 Å². The molecule has 0 bridgehead atoms. The van der Waals surface area contributed by atoms with Crippen molar-refractivity contribution in [3.63, 3.8) is 0 Å². The molecule has 10 heavy (non-hydrogen) atoms. The smallest absolute Gasteiger partial charge is 0.0914 e. The fourth-order valence-corrected chi connectivity index (χ4v) is 1.78. The van der Waals surface area contributed by atoms with Crippen molar-refractivity contribution >= 4 is 7.28 Å². The van der Waals surface area contributed by atoms with Gasteiger partial charge in [-0.05, 0) is 11.8 Å². The standard InChI is InChI=1S/C9H18B/c1-8(2,3)7-9(10-4)5-6-9/h5-7H2,1-4H3. The molecular weight excluding hydrogens is 119 g/mol. The van der Waals surface area contributed by atoms with Crippen molar-refractivity contribution in [3.8, 4) is 0 Å². The molecule has 0 nitrogen and oxygen atoms in total. The molecule has 0 aromatic rings. The third-order valence-corrected chi connectivity index (χ3v) is 2.39. The third kappa shape index (κ3) is 2.03. The summed E-state index contributed by atoms with van der Waals surface area (Å²) in [5, 5.41) is 0.651. The summed E-state index contributed by atoms with van der Waals surface area (Å²) in [4.78, 5) is 0. The van der Waals surface area contributed by atoms with Gasteiger partial charge in [-0.2, -0.15) is 0 Å². The molecule has 1 aliphatic carbocycles. The molecule has 0 aliphatic heterocycles. The lowest BCUT2D eigenvalue weighted by molar-refractivity contribution is 0.359. The van der Waals surface area contributed by atoms with E-state index in [1.165, 1.54) is 19.3 Å². The molecule has 0 atom stereocenters. The first-order chi connectivity index (χ1) is 4.47. The maximum Gasteiger partial charge on any atom is 0.114 e. The second-order valence-electron chi connectivity index (χ2n) is 4.89. The summed E-state index contributed by atoms with van der Waals surface area (Å²) in [6.45, 7) is 9.20. The predicted octanol–water partition coefficient (Wildman–Crippen LogP) is 3.13. The summed E-state index contributed by atoms with van der Waals surface area (Å²) in [5.41, 5.74) is 0.517. The van der Waals surface area contributed by atoms with E-state index in [0.717, 1.165) is 0 Å². The molecule has 0 saturated heterocycles. The average molecular weight is 137 g/mol. The maximum absolute atomic E-state index is 2.40. The van der Waals surface area contributed by atoms with Crippen molar-refractivity contribution in [1.29, 1.82) is 0 Å². The van der Waals surface area contributed by atoms with Crippen molar-refractivity contribution in [2.45, 2.75) is 52.2 Å². The summed E-state index contributed by atoms with van der Waals surface area (Å²) < 4.78 is 0. The molecule has 1 saturated carbocycles. The van der Waals surface area contributed by atoms with E-state index in [1.807, 2.05) is 0 Å². The SMILES string of the molecule is C[B]C1(CC(C)(C)C)CC1. The molecule has 0 aromatic carbocycles. The van der Waals surface area contributed by atoms with Crippen LogP contribution in [-0.4, -0.2) is 7.28 Å². The van der Waals surface area contributed by atoms with Gasteiger partial charge >= 0.3 is 0 Å². The summed E-state index contributed by atoms with van der Waals surface area (Å²) in [6, 6.07) is 0. The van der Waals surface area contributed by atoms with Gasteiger partial charge in [-0.25, -0.2) is 0 Å². The quantitative estimate of drug-likeness (QED) is 0.513. The highest BCUT2D eigenvalue weighted by Gasteiger charge is 2.42. The van der Waals surface area contributed by atoms with Gasteiger partial charge in [0.05, 0.1) is 0 Å². The largest absolute Gasteiger partial charge is 0.114 e. The Kier molecular flexibility index (Phi) is 1.87. The zero-order chi connectivity index (χ0) is 7.83. The minimum Gasteiger partial charge on any atom is -0.0914 e. The molecule has 1 heteroatoms. The molecule has 0 unspecified atom stereocenters. The van der Waals surface area contributed by atoms with Crippen LogP contribution in [0, 0.1) is 5.41 Å². The molecule has 1 radical (unpaired) electrons. The Bertz CT molecular complexity index is 117. The van der Waals surface area contributed by atoms with Crippen LogP contribution in [0.15, 0.2) is 0 Å². The molecule has 0 spiro atoms. The molecule has 0 N–H and O–H groups in total. The van der Waals surface area contributed by atoms with Gasteiger partial charge in [0.1, 0.15) is 7.28 Å². The highest BCUT2D eigenvalue weighted by atomic mass is 14.4. The minimum atomic E-state index is 0.517. The average Bonchev–Trinajstić information content (AvgIpc) is 2.45. The maximum atomic E-state index is 2.40. The Morgan fingerprint density at radius 3 is 1.90 bits per heavy atom. The van der Waals surface area contributed by atoms with Crippen LogP contribution < -0.4 is 0 Å². The van der Waals surface area contributed by atoms with E-state index in [0.29, 0.717) is 10.7 Å². The Morgan fingerprint density at radius 2 is 1.80 bits per heavy atom. The van der Waals surface area contributed by atoms with Crippen LogP contribution >= 0.6 is 0 Å². The van der Waals surface area contributed by atoms with Crippen molar-refractivity contribution in [2.24, 2.45) is 5.41 Å². The molecule has 1 rings (SSSR count). The van der Waals surface area contributed by atoms with Crippen LogP contribution in [0.2, 0.25) is 12.1 Å². The summed E-state index contributed by atoms with van der Waals surface area (Å²) in [5.74, 6) is 0. The zero-order valence-electron chi connectivity index (χ0n) is 7.70. The van der Waals surface area contributed by atoms with E-state index in [1.54, 1.807) is 0 Å². The zero-order valence-corrected chi connectivity index (χ0v) is 7.70. The van der Waals surface area contributed by atoms with E-state index < -0.39 is 0 Å². The molecule has 57 valence electrons. The first-order valence-corrected chi connectivity index (χ1v) is 4.28. The van der Waals surface area contributed by atoms with Crippen molar-refractivity contribution < 1.29 is 0 Å². The van der Waals surface area contributed by atoms with E-state index in [9.17, 15) is 0 Å². The van der Waals surface area contributed by atoms with Gasteiger partial charge in [0.25, 0.3) is 0 Å². The molecular formula is C9H18B. The van der Waals surface area contributed by atoms with Gasteiger partial charge in [-0.15, -0.1) is 0 Å². The topological polar surface area (TPSA) is 0 Å². The fourth-order valence-electron chi connectivity index (χ4n) is 1.78. The van der Waals surface area contributed by atoms with Gasteiger partial charge in [-0.1, -0.05) is 45.8 Å². The lowest BCUT2D eigenvalue weighted by Gasteiger charge is -2.24. The monoisotopic (exact) mass is 137 g/mol. The van der Waals surface area contributed by atoms with Crippen LogP contribution in [0.3, 0.4) is 0 Å². The molecule has 0 aromatic heterocycles. The van der Waals surface area contributed by atoms with E-state index in [2.05, 4.69) is 34.9 Å². The summed E-state index contributed by atoms with van der Waals surface area (Å²) >= 11 is 0. The van der Waals surface area contributed by atoms with Crippen LogP contribution in [0.1, 0.15) is 40.0 Å². The molecule has 0 heterocycles. The third-order valence-electron chi connectivity index (χ3n) is 2.39. The van der Waals surface area contributed by atoms with Crippen LogP contribution in [-0.2, 0) is 0 Å². The number of hydrogen-bond acceptors (Lipinski definition) is 0. The van der Waals surface area contributed by atoms with Gasteiger partial charge in [0, 0.05) is 0 Å². The highest BCUT2D eigenvalue weighted by Crippen LogP contribution is 2.59. The van der Waals surface area contributed by atoms with Gasteiger partial charge in [0.15, 0.2) is 0 Å². The fraction of sp³-hybridized carbons (Fsp3) is 1.00. The van der Waals surface area contributed by atoms with Crippen molar-refractivity contribution in [3.05, 3.63) is 0 Å². The summed E-state index contributed by atoms with van der Waals surface area (Å²) in [6.07, 6.45) is 4.23. The Labute approximate surface area is 65.6 Å². The first kappa shape index (κ1) is 8.16. The van der Waals surface area contributed by atoms with E-state index >= 15 is 0 Å². The molecule has 1 aliphatic rings. The Balaban J connectivity index is 2.38. The van der Waals surface area contributed by atoms with Crippen LogP contribution in [0.5, 0.6) is 0 Å². The van der Waals surface area contributed by atoms with Gasteiger partial charge < -0.3 is 0 Å². The Hall–Kier alpha value is 0.0649. The molecule has 0 amide bonds. The Morgan fingerprint density at radius 1 is 1.30 bits per heavy atom. The van der Waals surface area contributed by atoms with Crippen molar-refractivity contribution in [1.82, 2.24) is 0 Å². The lowest BCUT2D eigenvalue weighted by atomic mass is 9.58. The minimum absolute atomic E-state index is 0.517. The second kappa shape index (κ2) is 2.28. The van der Waals surface area contributed by atoms with E-state index in [-0.39, 0.29) is 0 Å². The molecule has 1 fully saturated rings. The predicted molar refractivity (Wildman–Crippen MR) is 47.6 cm³/mol. The summed E-state index contributed by atoms with van der Waals surface area (Å²) in [7, 11) is 2.40.